The van der Waals surface area contributed by atoms with Crippen LogP contribution in [0.3, 0.4) is 0 Å². The van der Waals surface area contributed by atoms with Crippen LogP contribution in [0.15, 0.2) is 0 Å². The molecule has 2 rings (SSSR count). The molecular formula is C14H28N2. The summed E-state index contributed by atoms with van der Waals surface area (Å²) in [6, 6.07) is 0.906. The summed E-state index contributed by atoms with van der Waals surface area (Å²) in [7, 11) is 2.08. The Morgan fingerprint density at radius 1 is 1.19 bits per heavy atom. The maximum absolute atomic E-state index is 3.34. The van der Waals surface area contributed by atoms with Gasteiger partial charge in [-0.15, -0.1) is 0 Å². The molecule has 1 saturated heterocycles. The summed E-state index contributed by atoms with van der Waals surface area (Å²) in [5.74, 6) is 1.86. The third-order valence-electron chi connectivity index (χ3n) is 4.47. The van der Waals surface area contributed by atoms with Crippen molar-refractivity contribution in [1.29, 1.82) is 0 Å². The lowest BCUT2D eigenvalue weighted by Crippen LogP contribution is -2.46. The summed E-state index contributed by atoms with van der Waals surface area (Å²) in [5, 5.41) is 3.34. The van der Waals surface area contributed by atoms with Gasteiger partial charge in [0.05, 0.1) is 0 Å². The SMILES string of the molecule is CNCC1CCCN(C2CCCC(C)C2)C1. The van der Waals surface area contributed by atoms with Crippen molar-refractivity contribution >= 4 is 0 Å². The fraction of sp³-hybridized carbons (Fsp3) is 1.00. The molecule has 2 heteroatoms. The Hall–Kier alpha value is -0.0800. The highest BCUT2D eigenvalue weighted by atomic mass is 15.2. The van der Waals surface area contributed by atoms with E-state index in [2.05, 4.69) is 24.2 Å². The zero-order valence-corrected chi connectivity index (χ0v) is 11.0. The second kappa shape index (κ2) is 6.02. The van der Waals surface area contributed by atoms with Gasteiger partial charge in [0.25, 0.3) is 0 Å². The second-order valence-electron chi connectivity index (χ2n) is 5.99. The molecule has 1 saturated carbocycles. The number of rotatable bonds is 3. The van der Waals surface area contributed by atoms with Gasteiger partial charge in [-0.25, -0.2) is 0 Å². The largest absolute Gasteiger partial charge is 0.319 e. The summed E-state index contributed by atoms with van der Waals surface area (Å²) in [6.45, 7) is 6.34. The highest BCUT2D eigenvalue weighted by Gasteiger charge is 2.28. The molecule has 3 atom stereocenters. The average molecular weight is 224 g/mol. The van der Waals surface area contributed by atoms with Gasteiger partial charge < -0.3 is 10.2 Å². The molecule has 0 spiro atoms. The lowest BCUT2D eigenvalue weighted by atomic mass is 9.84. The molecule has 0 aromatic carbocycles. The van der Waals surface area contributed by atoms with Crippen LogP contribution in [0.25, 0.3) is 0 Å². The second-order valence-corrected chi connectivity index (χ2v) is 5.99. The van der Waals surface area contributed by atoms with Gasteiger partial charge in [-0.1, -0.05) is 19.8 Å². The Bertz CT molecular complexity index is 203. The molecule has 3 unspecified atom stereocenters. The fourth-order valence-corrected chi connectivity index (χ4v) is 3.62. The van der Waals surface area contributed by atoms with Crippen LogP contribution in [0.1, 0.15) is 45.4 Å². The quantitative estimate of drug-likeness (QED) is 0.792. The van der Waals surface area contributed by atoms with Crippen LogP contribution in [-0.2, 0) is 0 Å². The third-order valence-corrected chi connectivity index (χ3v) is 4.47. The van der Waals surface area contributed by atoms with E-state index in [-0.39, 0.29) is 0 Å². The maximum atomic E-state index is 3.34. The molecule has 0 amide bonds. The molecule has 1 aliphatic carbocycles. The van der Waals surface area contributed by atoms with Gasteiger partial charge in [0.1, 0.15) is 0 Å². The summed E-state index contributed by atoms with van der Waals surface area (Å²) < 4.78 is 0. The van der Waals surface area contributed by atoms with E-state index in [0.717, 1.165) is 17.9 Å². The van der Waals surface area contributed by atoms with Crippen molar-refractivity contribution in [2.24, 2.45) is 11.8 Å². The lowest BCUT2D eigenvalue weighted by molar-refractivity contribution is 0.0854. The molecule has 0 radical (unpaired) electrons. The van der Waals surface area contributed by atoms with E-state index in [1.807, 2.05) is 0 Å². The van der Waals surface area contributed by atoms with Gasteiger partial charge in [-0.3, -0.25) is 0 Å². The Kier molecular flexibility index (Phi) is 4.66. The molecule has 1 aliphatic heterocycles. The molecule has 0 aromatic heterocycles. The smallest absolute Gasteiger partial charge is 0.00979 e. The molecule has 94 valence electrons. The van der Waals surface area contributed by atoms with Gasteiger partial charge in [-0.05, 0) is 57.7 Å². The van der Waals surface area contributed by atoms with E-state index >= 15 is 0 Å². The van der Waals surface area contributed by atoms with E-state index in [9.17, 15) is 0 Å². The molecule has 16 heavy (non-hydrogen) atoms. The van der Waals surface area contributed by atoms with E-state index in [1.54, 1.807) is 0 Å². The monoisotopic (exact) mass is 224 g/mol. The van der Waals surface area contributed by atoms with Crippen LogP contribution < -0.4 is 5.32 Å². The molecule has 2 nitrogen and oxygen atoms in total. The number of nitrogens with zero attached hydrogens (tertiary/aromatic N) is 1. The first-order chi connectivity index (χ1) is 7.79. The fourth-order valence-electron chi connectivity index (χ4n) is 3.62. The van der Waals surface area contributed by atoms with E-state index in [4.69, 9.17) is 0 Å². The normalized spacial score (nSPS) is 37.5. The van der Waals surface area contributed by atoms with Crippen molar-refractivity contribution in [3.63, 3.8) is 0 Å². The summed E-state index contributed by atoms with van der Waals surface area (Å²) in [5.41, 5.74) is 0. The number of hydrogen-bond acceptors (Lipinski definition) is 2. The van der Waals surface area contributed by atoms with Gasteiger partial charge >= 0.3 is 0 Å². The molecule has 2 fully saturated rings. The lowest BCUT2D eigenvalue weighted by Gasteiger charge is -2.41. The van der Waals surface area contributed by atoms with Crippen molar-refractivity contribution in [2.75, 3.05) is 26.7 Å². The van der Waals surface area contributed by atoms with Crippen LogP contribution in [0.4, 0.5) is 0 Å². The highest BCUT2D eigenvalue weighted by molar-refractivity contribution is 4.83. The van der Waals surface area contributed by atoms with Crippen LogP contribution in [0.5, 0.6) is 0 Å². The highest BCUT2D eigenvalue weighted by Crippen LogP contribution is 2.30. The van der Waals surface area contributed by atoms with Gasteiger partial charge in [0, 0.05) is 12.6 Å². The number of hydrogen-bond donors (Lipinski definition) is 1. The molecule has 1 heterocycles. The Balaban J connectivity index is 1.83. The van der Waals surface area contributed by atoms with Crippen molar-refractivity contribution in [1.82, 2.24) is 10.2 Å². The predicted molar refractivity (Wildman–Crippen MR) is 69.6 cm³/mol. The minimum atomic E-state index is 0.899. The van der Waals surface area contributed by atoms with Crippen LogP contribution in [-0.4, -0.2) is 37.6 Å². The zero-order chi connectivity index (χ0) is 11.4. The molecular weight excluding hydrogens is 196 g/mol. The minimum Gasteiger partial charge on any atom is -0.319 e. The number of likely N-dealkylation sites (tertiary alicyclic amines) is 1. The zero-order valence-electron chi connectivity index (χ0n) is 11.0. The Labute approximate surface area is 101 Å². The molecule has 0 bridgehead atoms. The standard InChI is InChI=1S/C14H28N2/c1-12-5-3-7-14(9-12)16-8-4-6-13(11-16)10-15-2/h12-15H,3-11H2,1-2H3. The topological polar surface area (TPSA) is 15.3 Å². The van der Waals surface area contributed by atoms with E-state index < -0.39 is 0 Å². The first kappa shape index (κ1) is 12.4. The van der Waals surface area contributed by atoms with E-state index in [1.165, 1.54) is 58.2 Å². The van der Waals surface area contributed by atoms with Crippen LogP contribution in [0.2, 0.25) is 0 Å². The summed E-state index contributed by atoms with van der Waals surface area (Å²) in [6.07, 6.45) is 8.67. The third kappa shape index (κ3) is 3.21. The molecule has 0 aromatic rings. The van der Waals surface area contributed by atoms with Crippen LogP contribution >= 0.6 is 0 Å². The number of nitrogens with one attached hydrogen (secondary N) is 1. The summed E-state index contributed by atoms with van der Waals surface area (Å²) >= 11 is 0. The van der Waals surface area contributed by atoms with Crippen molar-refractivity contribution in [2.45, 2.75) is 51.5 Å². The Morgan fingerprint density at radius 3 is 2.81 bits per heavy atom. The van der Waals surface area contributed by atoms with Gasteiger partial charge in [-0.2, -0.15) is 0 Å². The van der Waals surface area contributed by atoms with Crippen molar-refractivity contribution < 1.29 is 0 Å². The maximum Gasteiger partial charge on any atom is 0.00979 e. The first-order valence-corrected chi connectivity index (χ1v) is 7.18. The van der Waals surface area contributed by atoms with E-state index in [0.29, 0.717) is 0 Å². The van der Waals surface area contributed by atoms with Crippen LogP contribution in [0, 0.1) is 11.8 Å². The predicted octanol–water partition coefficient (Wildman–Crippen LogP) is 2.50. The minimum absolute atomic E-state index is 0.899. The van der Waals surface area contributed by atoms with Gasteiger partial charge in [0.2, 0.25) is 0 Å². The average Bonchev–Trinajstić information content (AvgIpc) is 2.30. The summed E-state index contributed by atoms with van der Waals surface area (Å²) in [4.78, 5) is 2.79. The van der Waals surface area contributed by atoms with Gasteiger partial charge in [0.15, 0.2) is 0 Å². The Morgan fingerprint density at radius 2 is 2.06 bits per heavy atom. The number of piperidine rings is 1. The molecule has 2 aliphatic rings. The van der Waals surface area contributed by atoms with Crippen molar-refractivity contribution in [3.8, 4) is 0 Å². The first-order valence-electron chi connectivity index (χ1n) is 7.18. The van der Waals surface area contributed by atoms with Crippen molar-refractivity contribution in [3.05, 3.63) is 0 Å². The molecule has 1 N–H and O–H groups in total.